The van der Waals surface area contributed by atoms with Gasteiger partial charge in [0.05, 0.1) is 17.8 Å². The van der Waals surface area contributed by atoms with Crippen molar-refractivity contribution < 1.29 is 13.6 Å². The summed E-state index contributed by atoms with van der Waals surface area (Å²) in [5.74, 6) is -2.52. The van der Waals surface area contributed by atoms with Gasteiger partial charge in [-0.15, -0.1) is 0 Å². The highest BCUT2D eigenvalue weighted by atomic mass is 35.5. The third-order valence-electron chi connectivity index (χ3n) is 3.37. The van der Waals surface area contributed by atoms with Gasteiger partial charge in [-0.25, -0.2) is 8.78 Å². The Morgan fingerprint density at radius 3 is 2.67 bits per heavy atom. The number of carbonyl (C=O) groups excluding carboxylic acids is 1. The highest BCUT2D eigenvalue weighted by Gasteiger charge is 2.24. The first kappa shape index (κ1) is 15.4. The van der Waals surface area contributed by atoms with Crippen molar-refractivity contribution in [2.24, 2.45) is 7.05 Å². The lowest BCUT2D eigenvalue weighted by molar-refractivity contribution is 0.0738. The molecule has 1 unspecified atom stereocenters. The third-order valence-corrected chi connectivity index (χ3v) is 3.72. The van der Waals surface area contributed by atoms with E-state index in [0.29, 0.717) is 0 Å². The van der Waals surface area contributed by atoms with Crippen LogP contribution >= 0.6 is 11.6 Å². The molecule has 1 atom stereocenters. The molecule has 4 nitrogen and oxygen atoms in total. The van der Waals surface area contributed by atoms with Crippen molar-refractivity contribution in [2.75, 3.05) is 7.05 Å². The number of halogens is 3. The van der Waals surface area contributed by atoms with Crippen molar-refractivity contribution in [3.63, 3.8) is 0 Å². The van der Waals surface area contributed by atoms with Crippen LogP contribution in [0.25, 0.3) is 0 Å². The largest absolute Gasteiger partial charge is 0.335 e. The number of hydrogen-bond donors (Lipinski definition) is 0. The Morgan fingerprint density at radius 1 is 1.43 bits per heavy atom. The van der Waals surface area contributed by atoms with Crippen LogP contribution in [0.2, 0.25) is 5.02 Å². The lowest BCUT2D eigenvalue weighted by Gasteiger charge is -2.24. The van der Waals surface area contributed by atoms with Crippen molar-refractivity contribution in [3.8, 4) is 0 Å². The minimum Gasteiger partial charge on any atom is -0.335 e. The zero-order chi connectivity index (χ0) is 15.7. The van der Waals surface area contributed by atoms with E-state index >= 15 is 0 Å². The second kappa shape index (κ2) is 5.81. The summed E-state index contributed by atoms with van der Waals surface area (Å²) in [5.41, 5.74) is 0.543. The average Bonchev–Trinajstić information content (AvgIpc) is 2.89. The molecule has 21 heavy (non-hydrogen) atoms. The Kier molecular flexibility index (Phi) is 4.27. The first-order valence-corrected chi connectivity index (χ1v) is 6.60. The van der Waals surface area contributed by atoms with Crippen LogP contribution in [0, 0.1) is 11.6 Å². The molecular weight excluding hydrogens is 300 g/mol. The SMILES string of the molecule is CC(c1cnn(C)c1)N(C)C(=O)c1ccc(F)c(Cl)c1F. The topological polar surface area (TPSA) is 38.1 Å². The van der Waals surface area contributed by atoms with Crippen molar-refractivity contribution in [2.45, 2.75) is 13.0 Å². The van der Waals surface area contributed by atoms with E-state index < -0.39 is 22.6 Å². The predicted molar refractivity (Wildman–Crippen MR) is 75.1 cm³/mol. The second-order valence-corrected chi connectivity index (χ2v) is 5.14. The minimum absolute atomic E-state index is 0.264. The fourth-order valence-corrected chi connectivity index (χ4v) is 2.10. The predicted octanol–water partition coefficient (Wildman–Crippen LogP) is 3.18. The quantitative estimate of drug-likeness (QED) is 0.816. The zero-order valence-corrected chi connectivity index (χ0v) is 12.5. The molecule has 0 radical (unpaired) electrons. The Labute approximate surface area is 125 Å². The number of benzene rings is 1. The molecule has 0 aliphatic heterocycles. The Morgan fingerprint density at radius 2 is 2.10 bits per heavy atom. The summed E-state index contributed by atoms with van der Waals surface area (Å²) in [6.45, 7) is 1.79. The smallest absolute Gasteiger partial charge is 0.257 e. The molecule has 1 heterocycles. The summed E-state index contributed by atoms with van der Waals surface area (Å²) in [5, 5.41) is 3.35. The number of hydrogen-bond acceptors (Lipinski definition) is 2. The number of carbonyl (C=O) groups is 1. The fraction of sp³-hybridized carbons (Fsp3) is 0.286. The van der Waals surface area contributed by atoms with E-state index in [2.05, 4.69) is 5.10 Å². The summed E-state index contributed by atoms with van der Waals surface area (Å²) in [4.78, 5) is 13.7. The zero-order valence-electron chi connectivity index (χ0n) is 11.8. The second-order valence-electron chi connectivity index (χ2n) is 4.76. The monoisotopic (exact) mass is 313 g/mol. The van der Waals surface area contributed by atoms with Gasteiger partial charge >= 0.3 is 0 Å². The molecule has 0 spiro atoms. The van der Waals surface area contributed by atoms with E-state index in [4.69, 9.17) is 11.6 Å². The first-order chi connectivity index (χ1) is 9.82. The fourth-order valence-electron chi connectivity index (χ4n) is 1.94. The van der Waals surface area contributed by atoms with Gasteiger partial charge in [-0.05, 0) is 19.1 Å². The lowest BCUT2D eigenvalue weighted by atomic mass is 10.1. The van der Waals surface area contributed by atoms with E-state index in [1.165, 1.54) is 11.9 Å². The lowest BCUT2D eigenvalue weighted by Crippen LogP contribution is -2.30. The van der Waals surface area contributed by atoms with Gasteiger partial charge in [0.2, 0.25) is 0 Å². The van der Waals surface area contributed by atoms with E-state index in [0.717, 1.165) is 17.7 Å². The highest BCUT2D eigenvalue weighted by molar-refractivity contribution is 6.31. The molecule has 0 saturated carbocycles. The average molecular weight is 314 g/mol. The minimum atomic E-state index is -1.05. The first-order valence-electron chi connectivity index (χ1n) is 6.22. The maximum Gasteiger partial charge on any atom is 0.257 e. The molecule has 0 N–H and O–H groups in total. The summed E-state index contributed by atoms with van der Waals surface area (Å²) in [6.07, 6.45) is 3.39. The standard InChI is InChI=1S/C14H14ClF2N3O/c1-8(9-6-18-19(2)7-9)20(3)14(21)10-4-5-11(16)12(15)13(10)17/h4-8H,1-3H3. The van der Waals surface area contributed by atoms with Gasteiger partial charge in [-0.3, -0.25) is 9.48 Å². The third kappa shape index (κ3) is 2.90. The molecule has 1 aromatic heterocycles. The van der Waals surface area contributed by atoms with Gasteiger partial charge in [0.1, 0.15) is 10.8 Å². The Hall–Kier alpha value is -1.95. The van der Waals surface area contributed by atoms with E-state index in [9.17, 15) is 13.6 Å². The molecule has 0 fully saturated rings. The number of rotatable bonds is 3. The van der Waals surface area contributed by atoms with Crippen molar-refractivity contribution in [3.05, 3.63) is 52.3 Å². The van der Waals surface area contributed by atoms with Gasteiger partial charge in [0.25, 0.3) is 5.91 Å². The Bertz CT molecular complexity index is 687. The van der Waals surface area contributed by atoms with Crippen molar-refractivity contribution in [1.29, 1.82) is 0 Å². The molecule has 0 saturated heterocycles. The van der Waals surface area contributed by atoms with Gasteiger partial charge in [0, 0.05) is 25.9 Å². The molecular formula is C14H14ClF2N3O. The van der Waals surface area contributed by atoms with Crippen molar-refractivity contribution in [1.82, 2.24) is 14.7 Å². The highest BCUT2D eigenvalue weighted by Crippen LogP contribution is 2.25. The van der Waals surface area contributed by atoms with Crippen LogP contribution in [0.5, 0.6) is 0 Å². The van der Waals surface area contributed by atoms with Crippen LogP contribution < -0.4 is 0 Å². The van der Waals surface area contributed by atoms with Gasteiger partial charge in [-0.2, -0.15) is 5.10 Å². The van der Waals surface area contributed by atoms with Crippen LogP contribution in [-0.4, -0.2) is 27.6 Å². The van der Waals surface area contributed by atoms with Crippen LogP contribution in [0.15, 0.2) is 24.5 Å². The van der Waals surface area contributed by atoms with Crippen LogP contribution in [0.3, 0.4) is 0 Å². The van der Waals surface area contributed by atoms with E-state index in [-0.39, 0.29) is 11.6 Å². The summed E-state index contributed by atoms with van der Waals surface area (Å²) in [6, 6.07) is 1.75. The summed E-state index contributed by atoms with van der Waals surface area (Å²) < 4.78 is 28.7. The van der Waals surface area contributed by atoms with Crippen molar-refractivity contribution >= 4 is 17.5 Å². The normalized spacial score (nSPS) is 12.3. The maximum atomic E-state index is 13.9. The number of amides is 1. The van der Waals surface area contributed by atoms with Gasteiger partial charge < -0.3 is 4.90 Å². The molecule has 1 aromatic carbocycles. The molecule has 7 heteroatoms. The molecule has 1 amide bonds. The summed E-state index contributed by atoms with van der Waals surface area (Å²) in [7, 11) is 3.30. The number of aromatic nitrogens is 2. The van der Waals surface area contributed by atoms with Crippen LogP contribution in [0.4, 0.5) is 8.78 Å². The van der Waals surface area contributed by atoms with E-state index in [1.54, 1.807) is 31.0 Å². The van der Waals surface area contributed by atoms with Crippen LogP contribution in [-0.2, 0) is 7.05 Å². The molecule has 0 aliphatic rings. The molecule has 2 rings (SSSR count). The molecule has 0 bridgehead atoms. The van der Waals surface area contributed by atoms with E-state index in [1.807, 2.05) is 0 Å². The maximum absolute atomic E-state index is 13.9. The summed E-state index contributed by atoms with van der Waals surface area (Å²) >= 11 is 5.50. The molecule has 2 aromatic rings. The molecule has 112 valence electrons. The molecule has 0 aliphatic carbocycles. The van der Waals surface area contributed by atoms with Gasteiger partial charge in [0.15, 0.2) is 5.82 Å². The van der Waals surface area contributed by atoms with Crippen LogP contribution in [0.1, 0.15) is 28.9 Å². The number of nitrogens with zero attached hydrogens (tertiary/aromatic N) is 3. The Balaban J connectivity index is 2.29. The number of aryl methyl sites for hydroxylation is 1. The van der Waals surface area contributed by atoms with Gasteiger partial charge in [-0.1, -0.05) is 11.6 Å².